The number of nitrogens with zero attached hydrogens (tertiary/aromatic N) is 3. The van der Waals surface area contributed by atoms with Crippen molar-refractivity contribution in [2.75, 3.05) is 0 Å². The second-order valence-corrected chi connectivity index (χ2v) is 6.73. The molecule has 3 aromatic rings. The molecule has 0 amide bonds. The summed E-state index contributed by atoms with van der Waals surface area (Å²) in [6.45, 7) is 3.46. The van der Waals surface area contributed by atoms with E-state index in [0.717, 1.165) is 61.3 Å². The highest BCUT2D eigenvalue weighted by atomic mass is 19.1. The molecule has 1 aliphatic rings. The van der Waals surface area contributed by atoms with Gasteiger partial charge in [-0.05, 0) is 31.0 Å². The lowest BCUT2D eigenvalue weighted by Crippen LogP contribution is -2.37. The van der Waals surface area contributed by atoms with Crippen molar-refractivity contribution in [1.29, 1.82) is 0 Å². The van der Waals surface area contributed by atoms with Crippen LogP contribution in [0.25, 0.3) is 0 Å². The lowest BCUT2D eigenvalue weighted by Gasteiger charge is -2.23. The fourth-order valence-electron chi connectivity index (χ4n) is 3.26. The minimum Gasteiger partial charge on any atom is -0.457 e. The van der Waals surface area contributed by atoms with Crippen LogP contribution in [0.3, 0.4) is 0 Å². The zero-order valence-electron chi connectivity index (χ0n) is 15.0. The van der Waals surface area contributed by atoms with Crippen LogP contribution in [0.1, 0.15) is 23.6 Å². The van der Waals surface area contributed by atoms with E-state index in [4.69, 9.17) is 4.74 Å². The molecule has 4 rings (SSSR count). The first-order valence-electron chi connectivity index (χ1n) is 8.92. The van der Waals surface area contributed by atoms with Gasteiger partial charge < -0.3 is 10.1 Å². The van der Waals surface area contributed by atoms with Crippen molar-refractivity contribution in [2.24, 2.45) is 0 Å². The topological polar surface area (TPSA) is 52.0 Å². The van der Waals surface area contributed by atoms with Crippen LogP contribution < -0.4 is 10.1 Å². The average Bonchev–Trinajstić information content (AvgIpc) is 2.99. The van der Waals surface area contributed by atoms with Crippen molar-refractivity contribution in [2.45, 2.75) is 38.9 Å². The Morgan fingerprint density at radius 1 is 1.11 bits per heavy atom. The Morgan fingerprint density at radius 2 is 1.85 bits per heavy atom. The number of hydrogen-bond donors (Lipinski definition) is 1. The summed E-state index contributed by atoms with van der Waals surface area (Å²) in [6, 6.07) is 10.9. The number of hydrogen-bond acceptors (Lipinski definition) is 4. The van der Waals surface area contributed by atoms with Crippen molar-refractivity contribution in [3.8, 4) is 11.5 Å². The summed E-state index contributed by atoms with van der Waals surface area (Å²) in [7, 11) is 0. The van der Waals surface area contributed by atoms with Crippen LogP contribution in [0.2, 0.25) is 0 Å². The fraction of sp³-hybridized carbons (Fsp3) is 0.300. The Hall–Kier alpha value is -2.80. The molecule has 0 saturated carbocycles. The molecule has 1 unspecified atom stereocenters. The van der Waals surface area contributed by atoms with Gasteiger partial charge in [0, 0.05) is 37.2 Å². The van der Waals surface area contributed by atoms with Crippen molar-refractivity contribution in [3.05, 3.63) is 71.3 Å². The summed E-state index contributed by atoms with van der Waals surface area (Å²) >= 11 is 0. The predicted molar refractivity (Wildman–Crippen MR) is 96.6 cm³/mol. The zero-order chi connectivity index (χ0) is 18.8. The Balaban J connectivity index is 1.33. The van der Waals surface area contributed by atoms with Gasteiger partial charge in [0.05, 0.1) is 6.54 Å². The van der Waals surface area contributed by atoms with Gasteiger partial charge in [-0.2, -0.15) is 5.10 Å². The molecule has 0 saturated heterocycles. The molecule has 27 heavy (non-hydrogen) atoms. The van der Waals surface area contributed by atoms with E-state index in [1.807, 2.05) is 23.7 Å². The van der Waals surface area contributed by atoms with Crippen LogP contribution in [0.4, 0.5) is 8.78 Å². The van der Waals surface area contributed by atoms with Crippen LogP contribution in [-0.4, -0.2) is 20.8 Å². The number of rotatable bonds is 5. The van der Waals surface area contributed by atoms with Gasteiger partial charge in [-0.3, -0.25) is 0 Å². The summed E-state index contributed by atoms with van der Waals surface area (Å²) in [5.41, 5.74) is 1.10. The monoisotopic (exact) mass is 370 g/mol. The molecule has 140 valence electrons. The molecule has 0 spiro atoms. The largest absolute Gasteiger partial charge is 0.457 e. The minimum absolute atomic E-state index is 0.138. The van der Waals surface area contributed by atoms with Crippen molar-refractivity contribution in [1.82, 2.24) is 20.1 Å². The highest BCUT2D eigenvalue weighted by molar-refractivity contribution is 5.33. The van der Waals surface area contributed by atoms with E-state index in [9.17, 15) is 8.78 Å². The quantitative estimate of drug-likeness (QED) is 0.743. The molecule has 1 N–H and O–H groups in total. The van der Waals surface area contributed by atoms with Gasteiger partial charge in [-0.1, -0.05) is 12.1 Å². The van der Waals surface area contributed by atoms with Gasteiger partial charge in [0.1, 0.15) is 34.8 Å². The van der Waals surface area contributed by atoms with E-state index in [1.165, 1.54) is 0 Å². The number of fused-ring (bicyclic) bond motifs is 1. The zero-order valence-corrected chi connectivity index (χ0v) is 15.0. The molecule has 0 fully saturated rings. The Labute approximate surface area is 156 Å². The smallest absolute Gasteiger partial charge is 0.147 e. The molecule has 7 heteroatoms. The predicted octanol–water partition coefficient (Wildman–Crippen LogP) is 3.76. The fourth-order valence-corrected chi connectivity index (χ4v) is 3.26. The summed E-state index contributed by atoms with van der Waals surface area (Å²) in [6.07, 6.45) is 1.96. The minimum atomic E-state index is -0.663. The van der Waals surface area contributed by atoms with E-state index < -0.39 is 11.6 Å². The first-order chi connectivity index (χ1) is 13.0. The molecule has 1 atom stereocenters. The molecule has 2 heterocycles. The van der Waals surface area contributed by atoms with Crippen molar-refractivity contribution >= 4 is 0 Å². The van der Waals surface area contributed by atoms with Gasteiger partial charge in [0.2, 0.25) is 0 Å². The van der Waals surface area contributed by atoms with Crippen LogP contribution in [0.15, 0.2) is 42.5 Å². The summed E-state index contributed by atoms with van der Waals surface area (Å²) in [5, 5.41) is 7.96. The molecule has 0 radical (unpaired) electrons. The first kappa shape index (κ1) is 17.6. The van der Waals surface area contributed by atoms with E-state index in [1.54, 1.807) is 12.1 Å². The molecular formula is C20H20F2N4O. The molecular weight excluding hydrogens is 350 g/mol. The second kappa shape index (κ2) is 7.44. The van der Waals surface area contributed by atoms with E-state index >= 15 is 0 Å². The van der Waals surface area contributed by atoms with Crippen LogP contribution >= 0.6 is 0 Å². The van der Waals surface area contributed by atoms with Gasteiger partial charge in [0.25, 0.3) is 0 Å². The van der Waals surface area contributed by atoms with Crippen molar-refractivity contribution in [3.63, 3.8) is 0 Å². The van der Waals surface area contributed by atoms with E-state index in [0.29, 0.717) is 11.8 Å². The van der Waals surface area contributed by atoms with E-state index in [-0.39, 0.29) is 5.75 Å². The SMILES string of the molecule is Cc1nc2n(n1)CC(NCc1ccc(Oc3cc(F)cc(F)c3)cc1)CC2. The average molecular weight is 370 g/mol. The lowest BCUT2D eigenvalue weighted by molar-refractivity contribution is 0.357. The van der Waals surface area contributed by atoms with Gasteiger partial charge >= 0.3 is 0 Å². The maximum Gasteiger partial charge on any atom is 0.147 e. The second-order valence-electron chi connectivity index (χ2n) is 6.73. The number of aryl methyl sites for hydroxylation is 2. The maximum atomic E-state index is 13.2. The normalized spacial score (nSPS) is 16.2. The number of nitrogens with one attached hydrogen (secondary N) is 1. The van der Waals surface area contributed by atoms with Crippen LogP contribution in [0.5, 0.6) is 11.5 Å². The summed E-state index contributed by atoms with van der Waals surface area (Å²) in [5.74, 6) is 1.22. The highest BCUT2D eigenvalue weighted by Crippen LogP contribution is 2.23. The lowest BCUT2D eigenvalue weighted by atomic mass is 10.1. The summed E-state index contributed by atoms with van der Waals surface area (Å²) < 4.78 is 33.9. The third kappa shape index (κ3) is 4.31. The number of aromatic nitrogens is 3. The highest BCUT2D eigenvalue weighted by Gasteiger charge is 2.20. The third-order valence-electron chi connectivity index (χ3n) is 4.55. The molecule has 1 aromatic heterocycles. The molecule has 1 aliphatic heterocycles. The molecule has 0 bridgehead atoms. The molecule has 5 nitrogen and oxygen atoms in total. The summed E-state index contributed by atoms with van der Waals surface area (Å²) in [4.78, 5) is 4.42. The number of halogens is 2. The molecule has 0 aliphatic carbocycles. The van der Waals surface area contributed by atoms with Crippen LogP contribution in [-0.2, 0) is 19.5 Å². The number of ether oxygens (including phenoxy) is 1. The van der Waals surface area contributed by atoms with Crippen LogP contribution in [0, 0.1) is 18.6 Å². The molecule has 2 aromatic carbocycles. The Bertz CT molecular complexity index is 919. The van der Waals surface area contributed by atoms with Crippen molar-refractivity contribution < 1.29 is 13.5 Å². The Morgan fingerprint density at radius 3 is 2.59 bits per heavy atom. The first-order valence-corrected chi connectivity index (χ1v) is 8.92. The van der Waals surface area contributed by atoms with Gasteiger partial charge in [-0.25, -0.2) is 18.4 Å². The Kier molecular flexibility index (Phi) is 4.85. The maximum absolute atomic E-state index is 13.2. The van der Waals surface area contributed by atoms with Gasteiger partial charge in [-0.15, -0.1) is 0 Å². The number of benzene rings is 2. The van der Waals surface area contributed by atoms with E-state index in [2.05, 4.69) is 15.4 Å². The standard InChI is InChI=1S/C20H20F2N4O/c1-13-24-20-7-4-17(12-26(20)25-13)23-11-14-2-5-18(6-3-14)27-19-9-15(21)8-16(22)10-19/h2-3,5-6,8-10,17,23H,4,7,11-12H2,1H3. The third-order valence-corrected chi connectivity index (χ3v) is 4.55. The van der Waals surface area contributed by atoms with Gasteiger partial charge in [0.15, 0.2) is 0 Å².